The lowest BCUT2D eigenvalue weighted by Gasteiger charge is -2.41. The molecule has 0 aliphatic carbocycles. The minimum Gasteiger partial charge on any atom is -0.454 e. The smallest absolute Gasteiger partial charge is 0.306 e. The van der Waals surface area contributed by atoms with Crippen LogP contribution in [0.5, 0.6) is 0 Å². The van der Waals surface area contributed by atoms with Crippen molar-refractivity contribution in [3.05, 3.63) is 109 Å². The topological polar surface area (TPSA) is 175 Å². The van der Waals surface area contributed by atoms with Gasteiger partial charge in [-0.25, -0.2) is 0 Å². The van der Waals surface area contributed by atoms with E-state index in [1.807, 2.05) is 30.4 Å². The second-order valence-corrected chi connectivity index (χ2v) is 20.4. The van der Waals surface area contributed by atoms with E-state index < -0.39 is 67.4 Å². The van der Waals surface area contributed by atoms with Crippen LogP contribution in [0.15, 0.2) is 109 Å². The summed E-state index contributed by atoms with van der Waals surface area (Å²) in [6.07, 6.45) is 59.9. The summed E-state index contributed by atoms with van der Waals surface area (Å²) in [5, 5.41) is 56.8. The molecule has 76 heavy (non-hydrogen) atoms. The van der Waals surface area contributed by atoms with Crippen LogP contribution < -0.4 is 5.32 Å². The molecule has 1 amide bonds. The van der Waals surface area contributed by atoms with E-state index in [1.165, 1.54) is 44.9 Å². The maximum Gasteiger partial charge on any atom is 0.306 e. The average Bonchev–Trinajstić information content (AvgIpc) is 3.42. The lowest BCUT2D eigenvalue weighted by molar-refractivity contribution is -0.305. The first-order chi connectivity index (χ1) is 37.2. The Labute approximate surface area is 462 Å². The van der Waals surface area contributed by atoms with Gasteiger partial charge in [-0.05, 0) is 89.9 Å². The standard InChI is InChI=1S/C65H109NO10/c1-4-7-10-13-16-19-22-25-26-27-28-29-30-31-32-33-34-35-38-41-44-47-50-53-60(70)76-63-62(72)61(71)59(54-67)75-65(63)74-55-56(57(68)51-48-45-42-39-36-23-20-17-14-11-8-5-2)66-64(73)58(69)52-49-46-43-40-37-24-21-18-15-12-9-6-3/h7,9-10,12,15-16,18-19,21,24-26,28-29,31-32,48,51,56-59,61-63,65,67-69,71-72H,4-6,8,11,13-14,17,20,22-23,27,30,33-47,49-50,52-55H2,1-3H3,(H,66,73)/b10-7-,12-9+,18-15+,19-16-,24-21-,26-25-,29-28-,32-31-,51-48+. The monoisotopic (exact) mass is 1060 g/mol. The largest absolute Gasteiger partial charge is 0.454 e. The van der Waals surface area contributed by atoms with Crippen LogP contribution in [0.2, 0.25) is 0 Å². The van der Waals surface area contributed by atoms with Gasteiger partial charge in [0, 0.05) is 6.42 Å². The van der Waals surface area contributed by atoms with Gasteiger partial charge in [-0.1, -0.05) is 239 Å². The van der Waals surface area contributed by atoms with Gasteiger partial charge < -0.3 is 45.1 Å². The highest BCUT2D eigenvalue weighted by Gasteiger charge is 2.47. The molecule has 1 aliphatic heterocycles. The number of aliphatic hydroxyl groups excluding tert-OH is 5. The molecule has 0 saturated carbocycles. The van der Waals surface area contributed by atoms with Crippen molar-refractivity contribution in [2.75, 3.05) is 13.2 Å². The average molecular weight is 1060 g/mol. The third-order valence-corrected chi connectivity index (χ3v) is 13.5. The fourth-order valence-corrected chi connectivity index (χ4v) is 8.74. The zero-order valence-electron chi connectivity index (χ0n) is 47.8. The second kappa shape index (κ2) is 52.0. The van der Waals surface area contributed by atoms with E-state index in [2.05, 4.69) is 99.0 Å². The summed E-state index contributed by atoms with van der Waals surface area (Å²) in [7, 11) is 0. The third-order valence-electron chi connectivity index (χ3n) is 13.5. The fraction of sp³-hybridized carbons (Fsp3) is 0.692. The van der Waals surface area contributed by atoms with E-state index in [9.17, 15) is 35.1 Å². The predicted octanol–water partition coefficient (Wildman–Crippen LogP) is 14.1. The maximum atomic E-state index is 13.4. The molecular weight excluding hydrogens is 955 g/mol. The van der Waals surface area contributed by atoms with Crippen LogP contribution in [0.4, 0.5) is 0 Å². The van der Waals surface area contributed by atoms with Crippen LogP contribution in [-0.2, 0) is 23.8 Å². The maximum absolute atomic E-state index is 13.4. The van der Waals surface area contributed by atoms with E-state index >= 15 is 0 Å². The molecule has 8 atom stereocenters. The number of rotatable bonds is 49. The number of hydrogen-bond acceptors (Lipinski definition) is 10. The molecule has 1 heterocycles. The zero-order chi connectivity index (χ0) is 55.4. The van der Waals surface area contributed by atoms with Crippen LogP contribution in [-0.4, -0.2) is 99.6 Å². The van der Waals surface area contributed by atoms with Crippen LogP contribution in [0.1, 0.15) is 226 Å². The van der Waals surface area contributed by atoms with Gasteiger partial charge in [-0.3, -0.25) is 9.59 Å². The molecule has 0 spiro atoms. The molecule has 1 fully saturated rings. The number of ether oxygens (including phenoxy) is 3. The van der Waals surface area contributed by atoms with Gasteiger partial charge in [-0.15, -0.1) is 0 Å². The third kappa shape index (κ3) is 39.6. The van der Waals surface area contributed by atoms with E-state index in [1.54, 1.807) is 6.08 Å². The summed E-state index contributed by atoms with van der Waals surface area (Å²) < 4.78 is 17.6. The van der Waals surface area contributed by atoms with Gasteiger partial charge in [-0.2, -0.15) is 0 Å². The summed E-state index contributed by atoms with van der Waals surface area (Å²) in [6, 6.07) is -1.04. The summed E-state index contributed by atoms with van der Waals surface area (Å²) in [4.78, 5) is 26.5. The van der Waals surface area contributed by atoms with E-state index in [0.29, 0.717) is 12.8 Å². The Balaban J connectivity index is 2.67. The van der Waals surface area contributed by atoms with Gasteiger partial charge in [0.05, 0.1) is 25.4 Å². The summed E-state index contributed by atoms with van der Waals surface area (Å²) in [5.41, 5.74) is 0. The first kappa shape index (κ1) is 70.3. The Morgan fingerprint density at radius 2 is 1.01 bits per heavy atom. The van der Waals surface area contributed by atoms with Crippen molar-refractivity contribution in [1.29, 1.82) is 0 Å². The zero-order valence-corrected chi connectivity index (χ0v) is 47.8. The van der Waals surface area contributed by atoms with Gasteiger partial charge in [0.25, 0.3) is 0 Å². The number of unbranched alkanes of at least 4 members (excludes halogenated alkanes) is 21. The molecule has 11 heteroatoms. The van der Waals surface area contributed by atoms with Gasteiger partial charge >= 0.3 is 5.97 Å². The minimum absolute atomic E-state index is 0.102. The molecule has 6 N–H and O–H groups in total. The van der Waals surface area contributed by atoms with E-state index in [0.717, 1.165) is 135 Å². The van der Waals surface area contributed by atoms with Gasteiger partial charge in [0.1, 0.15) is 24.4 Å². The quantitative estimate of drug-likeness (QED) is 0.0149. The Bertz CT molecular complexity index is 1650. The minimum atomic E-state index is -1.63. The number of nitrogens with one attached hydrogen (secondary N) is 1. The van der Waals surface area contributed by atoms with Gasteiger partial charge in [0.2, 0.25) is 5.91 Å². The molecule has 0 bridgehead atoms. The van der Waals surface area contributed by atoms with Crippen molar-refractivity contribution in [1.82, 2.24) is 5.32 Å². The summed E-state index contributed by atoms with van der Waals surface area (Å²) in [6.45, 7) is 5.50. The van der Waals surface area contributed by atoms with Crippen molar-refractivity contribution in [3.63, 3.8) is 0 Å². The van der Waals surface area contributed by atoms with Crippen molar-refractivity contribution in [2.24, 2.45) is 0 Å². The molecule has 0 aromatic heterocycles. The lowest BCUT2D eigenvalue weighted by Crippen LogP contribution is -2.61. The number of amides is 1. The normalized spacial score (nSPS) is 19.9. The Kier molecular flexibility index (Phi) is 48.2. The summed E-state index contributed by atoms with van der Waals surface area (Å²) in [5.74, 6) is -1.24. The highest BCUT2D eigenvalue weighted by Crippen LogP contribution is 2.26. The lowest BCUT2D eigenvalue weighted by atomic mass is 9.99. The molecule has 11 nitrogen and oxygen atoms in total. The Morgan fingerprint density at radius 1 is 0.539 bits per heavy atom. The van der Waals surface area contributed by atoms with Crippen molar-refractivity contribution in [3.8, 4) is 0 Å². The molecule has 0 radical (unpaired) electrons. The van der Waals surface area contributed by atoms with Crippen LogP contribution >= 0.6 is 0 Å². The molecule has 1 aliphatic rings. The number of carbonyl (C=O) groups is 2. The van der Waals surface area contributed by atoms with Crippen molar-refractivity contribution in [2.45, 2.75) is 275 Å². The molecule has 0 aromatic carbocycles. The fourth-order valence-electron chi connectivity index (χ4n) is 8.74. The van der Waals surface area contributed by atoms with Crippen molar-refractivity contribution < 1.29 is 49.3 Å². The Hall–Kier alpha value is -3.68. The van der Waals surface area contributed by atoms with Gasteiger partial charge in [0.15, 0.2) is 12.4 Å². The second-order valence-electron chi connectivity index (χ2n) is 20.4. The number of aliphatic hydroxyl groups is 5. The molecule has 434 valence electrons. The van der Waals surface area contributed by atoms with Crippen LogP contribution in [0.25, 0.3) is 0 Å². The first-order valence-corrected chi connectivity index (χ1v) is 30.2. The van der Waals surface area contributed by atoms with Crippen LogP contribution in [0.3, 0.4) is 0 Å². The number of hydrogen-bond donors (Lipinski definition) is 6. The first-order valence-electron chi connectivity index (χ1n) is 30.2. The molecule has 8 unspecified atom stereocenters. The SMILES string of the molecule is CC/C=C\C/C=C\C/C=C\C/C=C\C/C=C\CCCCCCCCCC(=O)OC1C(OCC(NC(=O)C(O)CCCCCC\C=C/C=C/C=C/CC)C(O)/C=C/CCCCCCCCCCCC)OC(CO)C(O)C1O. The number of carbonyl (C=O) groups excluding carboxylic acids is 2. The molecule has 1 rings (SSSR count). The van der Waals surface area contributed by atoms with E-state index in [4.69, 9.17) is 14.2 Å². The predicted molar refractivity (Wildman–Crippen MR) is 315 cm³/mol. The molecule has 0 aromatic rings. The van der Waals surface area contributed by atoms with E-state index in [-0.39, 0.29) is 19.4 Å². The number of esters is 1. The molecular formula is C65H109NO10. The summed E-state index contributed by atoms with van der Waals surface area (Å²) >= 11 is 0. The van der Waals surface area contributed by atoms with Crippen molar-refractivity contribution >= 4 is 11.9 Å². The highest BCUT2D eigenvalue weighted by molar-refractivity contribution is 5.80. The number of allylic oxidation sites excluding steroid dienone is 17. The Morgan fingerprint density at radius 3 is 1.57 bits per heavy atom. The highest BCUT2D eigenvalue weighted by atomic mass is 16.7. The van der Waals surface area contributed by atoms with Crippen LogP contribution in [0, 0.1) is 0 Å². The molecule has 1 saturated heterocycles.